The standard InChI is InChI=1S/C7H12N2OS/c1-3-5(8)6-4-9-7(10-6)11-2/h4-5H,3,8H2,1-2H3/t5-/m0/s1. The van der Waals surface area contributed by atoms with Crippen LogP contribution in [0.1, 0.15) is 25.1 Å². The second-order valence-electron chi connectivity index (χ2n) is 2.25. The van der Waals surface area contributed by atoms with Crippen LogP contribution in [0.4, 0.5) is 0 Å². The van der Waals surface area contributed by atoms with Crippen LogP contribution in [0.15, 0.2) is 15.8 Å². The fourth-order valence-electron chi connectivity index (χ4n) is 0.737. The molecule has 0 fully saturated rings. The molecule has 0 bridgehead atoms. The first-order valence-electron chi connectivity index (χ1n) is 3.53. The topological polar surface area (TPSA) is 52.0 Å². The Morgan fingerprint density at radius 3 is 3.00 bits per heavy atom. The van der Waals surface area contributed by atoms with Crippen molar-refractivity contribution in [3.8, 4) is 0 Å². The average molecular weight is 172 g/mol. The summed E-state index contributed by atoms with van der Waals surface area (Å²) in [6, 6.07) is -0.0107. The average Bonchev–Trinajstić information content (AvgIpc) is 2.50. The first-order chi connectivity index (χ1) is 5.27. The summed E-state index contributed by atoms with van der Waals surface area (Å²) < 4.78 is 5.31. The van der Waals surface area contributed by atoms with E-state index < -0.39 is 0 Å². The lowest BCUT2D eigenvalue weighted by molar-refractivity contribution is 0.388. The Hall–Kier alpha value is -0.480. The van der Waals surface area contributed by atoms with Gasteiger partial charge in [-0.2, -0.15) is 0 Å². The molecule has 0 spiro atoms. The van der Waals surface area contributed by atoms with Crippen molar-refractivity contribution in [2.24, 2.45) is 5.73 Å². The van der Waals surface area contributed by atoms with E-state index in [0.29, 0.717) is 5.22 Å². The molecule has 0 unspecified atom stereocenters. The third-order valence-corrected chi connectivity index (χ3v) is 2.02. The van der Waals surface area contributed by atoms with Crippen LogP contribution in [0.5, 0.6) is 0 Å². The van der Waals surface area contributed by atoms with E-state index >= 15 is 0 Å². The maximum atomic E-state index is 5.72. The van der Waals surface area contributed by atoms with Crippen molar-refractivity contribution >= 4 is 11.8 Å². The zero-order valence-corrected chi connectivity index (χ0v) is 7.52. The van der Waals surface area contributed by atoms with Crippen LogP contribution in [-0.2, 0) is 0 Å². The molecule has 0 saturated heterocycles. The third kappa shape index (κ3) is 1.97. The smallest absolute Gasteiger partial charge is 0.255 e. The first kappa shape index (κ1) is 8.62. The summed E-state index contributed by atoms with van der Waals surface area (Å²) in [7, 11) is 0. The van der Waals surface area contributed by atoms with E-state index in [2.05, 4.69) is 4.98 Å². The minimum atomic E-state index is -0.0107. The molecule has 62 valence electrons. The van der Waals surface area contributed by atoms with E-state index in [1.807, 2.05) is 13.2 Å². The van der Waals surface area contributed by atoms with E-state index in [1.54, 1.807) is 6.20 Å². The fourth-order valence-corrected chi connectivity index (χ4v) is 1.07. The summed E-state index contributed by atoms with van der Waals surface area (Å²) in [6.07, 6.45) is 4.50. The molecule has 2 N–H and O–H groups in total. The van der Waals surface area contributed by atoms with Gasteiger partial charge in [0.2, 0.25) is 0 Å². The van der Waals surface area contributed by atoms with Gasteiger partial charge < -0.3 is 10.2 Å². The molecule has 0 aromatic carbocycles. The van der Waals surface area contributed by atoms with Gasteiger partial charge in [-0.3, -0.25) is 0 Å². The summed E-state index contributed by atoms with van der Waals surface area (Å²) in [5.74, 6) is 0.775. The van der Waals surface area contributed by atoms with Crippen LogP contribution in [0.2, 0.25) is 0 Å². The maximum absolute atomic E-state index is 5.72. The zero-order chi connectivity index (χ0) is 8.27. The Kier molecular flexibility index (Phi) is 2.96. The third-order valence-electron chi connectivity index (χ3n) is 1.48. The highest BCUT2D eigenvalue weighted by atomic mass is 32.2. The molecule has 0 aliphatic rings. The van der Waals surface area contributed by atoms with E-state index in [-0.39, 0.29) is 6.04 Å². The highest BCUT2D eigenvalue weighted by Gasteiger charge is 2.08. The Bertz CT molecular complexity index is 224. The van der Waals surface area contributed by atoms with Gasteiger partial charge in [-0.15, -0.1) is 0 Å². The van der Waals surface area contributed by atoms with Gasteiger partial charge in [0.05, 0.1) is 12.2 Å². The van der Waals surface area contributed by atoms with E-state index in [9.17, 15) is 0 Å². The summed E-state index contributed by atoms with van der Waals surface area (Å²) >= 11 is 1.48. The lowest BCUT2D eigenvalue weighted by Gasteiger charge is -2.01. The summed E-state index contributed by atoms with van der Waals surface area (Å²) in [5, 5.41) is 0.684. The molecule has 1 rings (SSSR count). The number of nitrogens with zero attached hydrogens (tertiary/aromatic N) is 1. The van der Waals surface area contributed by atoms with Crippen molar-refractivity contribution in [1.29, 1.82) is 0 Å². The van der Waals surface area contributed by atoms with Gasteiger partial charge in [0, 0.05) is 0 Å². The zero-order valence-electron chi connectivity index (χ0n) is 6.70. The van der Waals surface area contributed by atoms with E-state index in [4.69, 9.17) is 10.2 Å². The molecule has 1 heterocycles. The number of aromatic nitrogens is 1. The van der Waals surface area contributed by atoms with Gasteiger partial charge in [-0.05, 0) is 12.7 Å². The molecular weight excluding hydrogens is 160 g/mol. The van der Waals surface area contributed by atoms with Crippen molar-refractivity contribution < 1.29 is 4.42 Å². The molecule has 1 atom stereocenters. The van der Waals surface area contributed by atoms with Crippen molar-refractivity contribution in [3.63, 3.8) is 0 Å². The highest BCUT2D eigenvalue weighted by molar-refractivity contribution is 7.98. The maximum Gasteiger partial charge on any atom is 0.255 e. The largest absolute Gasteiger partial charge is 0.435 e. The van der Waals surface area contributed by atoms with Crippen LogP contribution in [0.25, 0.3) is 0 Å². The lowest BCUT2D eigenvalue weighted by atomic mass is 10.2. The number of hydrogen-bond acceptors (Lipinski definition) is 4. The van der Waals surface area contributed by atoms with Gasteiger partial charge >= 0.3 is 0 Å². The predicted octanol–water partition coefficient (Wildman–Crippen LogP) is 1.81. The second kappa shape index (κ2) is 3.78. The van der Waals surface area contributed by atoms with E-state index in [0.717, 1.165) is 12.2 Å². The van der Waals surface area contributed by atoms with Crippen molar-refractivity contribution in [1.82, 2.24) is 4.98 Å². The summed E-state index contributed by atoms with van der Waals surface area (Å²) in [4.78, 5) is 4.02. The second-order valence-corrected chi connectivity index (χ2v) is 3.00. The number of oxazole rings is 1. The molecule has 3 nitrogen and oxygen atoms in total. The molecular formula is C7H12N2OS. The van der Waals surface area contributed by atoms with Gasteiger partial charge in [-0.25, -0.2) is 4.98 Å². The Balaban J connectivity index is 2.71. The van der Waals surface area contributed by atoms with Crippen LogP contribution in [0.3, 0.4) is 0 Å². The van der Waals surface area contributed by atoms with Gasteiger partial charge in [0.15, 0.2) is 0 Å². The summed E-state index contributed by atoms with van der Waals surface area (Å²) in [5.41, 5.74) is 5.72. The normalized spacial score (nSPS) is 13.4. The quantitative estimate of drug-likeness (QED) is 0.706. The van der Waals surface area contributed by atoms with Gasteiger partial charge in [-0.1, -0.05) is 18.7 Å². The molecule has 1 aromatic heterocycles. The number of rotatable bonds is 3. The Morgan fingerprint density at radius 1 is 1.82 bits per heavy atom. The van der Waals surface area contributed by atoms with Crippen LogP contribution in [0, 0.1) is 0 Å². The molecule has 0 aliphatic heterocycles. The molecule has 1 aromatic rings. The van der Waals surface area contributed by atoms with Gasteiger partial charge in [0.25, 0.3) is 5.22 Å². The van der Waals surface area contributed by atoms with Crippen molar-refractivity contribution in [2.75, 3.05) is 6.26 Å². The lowest BCUT2D eigenvalue weighted by Crippen LogP contribution is -2.06. The number of hydrogen-bond donors (Lipinski definition) is 1. The number of thioether (sulfide) groups is 1. The molecule has 0 aliphatic carbocycles. The van der Waals surface area contributed by atoms with Crippen LogP contribution in [-0.4, -0.2) is 11.2 Å². The Labute approximate surface area is 70.4 Å². The predicted molar refractivity (Wildman–Crippen MR) is 45.5 cm³/mol. The molecule has 0 saturated carbocycles. The minimum Gasteiger partial charge on any atom is -0.435 e. The van der Waals surface area contributed by atoms with Crippen LogP contribution >= 0.6 is 11.8 Å². The highest BCUT2D eigenvalue weighted by Crippen LogP contribution is 2.19. The molecule has 4 heteroatoms. The monoisotopic (exact) mass is 172 g/mol. The molecule has 11 heavy (non-hydrogen) atoms. The Morgan fingerprint density at radius 2 is 2.55 bits per heavy atom. The SMILES string of the molecule is CC[C@H](N)c1cnc(SC)o1. The summed E-state index contributed by atoms with van der Waals surface area (Å²) in [6.45, 7) is 2.02. The van der Waals surface area contributed by atoms with Crippen molar-refractivity contribution in [2.45, 2.75) is 24.6 Å². The van der Waals surface area contributed by atoms with Crippen molar-refractivity contribution in [3.05, 3.63) is 12.0 Å². The van der Waals surface area contributed by atoms with Crippen LogP contribution < -0.4 is 5.73 Å². The first-order valence-corrected chi connectivity index (χ1v) is 4.75. The van der Waals surface area contributed by atoms with Gasteiger partial charge in [0.1, 0.15) is 5.76 Å². The molecule has 0 amide bonds. The number of nitrogens with two attached hydrogens (primary N) is 1. The minimum absolute atomic E-state index is 0.0107. The molecule has 0 radical (unpaired) electrons. The van der Waals surface area contributed by atoms with E-state index in [1.165, 1.54) is 11.8 Å². The fraction of sp³-hybridized carbons (Fsp3) is 0.571.